The van der Waals surface area contributed by atoms with Crippen LogP contribution < -0.4 is 10.6 Å². The van der Waals surface area contributed by atoms with Gasteiger partial charge in [-0.15, -0.1) is 0 Å². The van der Waals surface area contributed by atoms with E-state index in [-0.39, 0.29) is 0 Å². The molecule has 17 heavy (non-hydrogen) atoms. The van der Waals surface area contributed by atoms with Crippen molar-refractivity contribution in [3.05, 3.63) is 39.3 Å². The molecule has 0 fully saturated rings. The van der Waals surface area contributed by atoms with Gasteiger partial charge in [-0.2, -0.15) is 0 Å². The number of halogens is 1. The van der Waals surface area contributed by atoms with E-state index in [2.05, 4.69) is 50.1 Å². The van der Waals surface area contributed by atoms with E-state index in [9.17, 15) is 0 Å². The van der Waals surface area contributed by atoms with E-state index in [1.54, 1.807) is 0 Å². The molecule has 5 heteroatoms. The van der Waals surface area contributed by atoms with Crippen LogP contribution in [0.4, 0.5) is 10.8 Å². The second kappa shape index (κ2) is 5.06. The Morgan fingerprint density at radius 2 is 1.94 bits per heavy atom. The van der Waals surface area contributed by atoms with E-state index in [4.69, 9.17) is 5.73 Å². The summed E-state index contributed by atoms with van der Waals surface area (Å²) >= 11 is 4.95. The van der Waals surface area contributed by atoms with E-state index in [1.165, 1.54) is 22.6 Å². The first-order chi connectivity index (χ1) is 8.06. The van der Waals surface area contributed by atoms with Gasteiger partial charge in [0.2, 0.25) is 0 Å². The zero-order valence-corrected chi connectivity index (χ0v) is 12.2. The standard InChI is InChI=1S/C12H14BrN3S/c1-16(2)9-5-3-8(4-6-9)7-10-11(13)17-12(14)15-10/h3-6H,7H2,1-2H3,(H2,14,15). The van der Waals surface area contributed by atoms with Crippen molar-refractivity contribution in [2.75, 3.05) is 24.7 Å². The number of hydrogen-bond donors (Lipinski definition) is 1. The first-order valence-electron chi connectivity index (χ1n) is 5.23. The minimum absolute atomic E-state index is 0.608. The van der Waals surface area contributed by atoms with E-state index in [0.717, 1.165) is 15.9 Å². The molecule has 1 aromatic carbocycles. The van der Waals surface area contributed by atoms with Gasteiger partial charge in [0.05, 0.1) is 9.48 Å². The summed E-state index contributed by atoms with van der Waals surface area (Å²) in [5.74, 6) is 0. The lowest BCUT2D eigenvalue weighted by atomic mass is 10.1. The van der Waals surface area contributed by atoms with E-state index < -0.39 is 0 Å². The highest BCUT2D eigenvalue weighted by atomic mass is 79.9. The van der Waals surface area contributed by atoms with Crippen molar-refractivity contribution < 1.29 is 0 Å². The molecule has 1 heterocycles. The summed E-state index contributed by atoms with van der Waals surface area (Å²) < 4.78 is 1.02. The molecule has 0 aliphatic carbocycles. The Bertz CT molecular complexity index is 505. The van der Waals surface area contributed by atoms with Crippen LogP contribution in [0.25, 0.3) is 0 Å². The predicted molar refractivity (Wildman–Crippen MR) is 77.8 cm³/mol. The Balaban J connectivity index is 2.16. The molecule has 0 bridgehead atoms. The van der Waals surface area contributed by atoms with Crippen LogP contribution in [-0.2, 0) is 6.42 Å². The number of benzene rings is 1. The first-order valence-corrected chi connectivity index (χ1v) is 6.84. The number of aromatic nitrogens is 1. The molecule has 90 valence electrons. The molecule has 0 spiro atoms. The van der Waals surface area contributed by atoms with Crippen LogP contribution >= 0.6 is 27.3 Å². The van der Waals surface area contributed by atoms with Crippen LogP contribution in [0.15, 0.2) is 28.1 Å². The molecule has 2 N–H and O–H groups in total. The van der Waals surface area contributed by atoms with Gasteiger partial charge in [0, 0.05) is 26.2 Å². The molecule has 0 saturated carbocycles. The molecular weight excluding hydrogens is 298 g/mol. The number of nitrogens with zero attached hydrogens (tertiary/aromatic N) is 2. The average Bonchev–Trinajstić information content (AvgIpc) is 2.58. The lowest BCUT2D eigenvalue weighted by molar-refractivity contribution is 1.09. The third-order valence-corrected chi connectivity index (χ3v) is 4.15. The molecule has 0 amide bonds. The summed E-state index contributed by atoms with van der Waals surface area (Å²) in [6.45, 7) is 0. The molecule has 0 unspecified atom stereocenters. The van der Waals surface area contributed by atoms with Crippen molar-refractivity contribution in [3.8, 4) is 0 Å². The van der Waals surface area contributed by atoms with E-state index in [1.807, 2.05) is 14.1 Å². The van der Waals surface area contributed by atoms with Crippen LogP contribution in [0.1, 0.15) is 11.3 Å². The Labute approximate surface area is 113 Å². The van der Waals surface area contributed by atoms with Crippen LogP contribution in [-0.4, -0.2) is 19.1 Å². The highest BCUT2D eigenvalue weighted by Crippen LogP contribution is 2.28. The van der Waals surface area contributed by atoms with Gasteiger partial charge < -0.3 is 10.6 Å². The van der Waals surface area contributed by atoms with Gasteiger partial charge in [-0.05, 0) is 33.6 Å². The molecule has 2 rings (SSSR count). The number of anilines is 2. The van der Waals surface area contributed by atoms with Gasteiger partial charge in [0.25, 0.3) is 0 Å². The van der Waals surface area contributed by atoms with Gasteiger partial charge in [-0.25, -0.2) is 4.98 Å². The smallest absolute Gasteiger partial charge is 0.181 e. The summed E-state index contributed by atoms with van der Waals surface area (Å²) in [6, 6.07) is 8.46. The summed E-state index contributed by atoms with van der Waals surface area (Å²) in [7, 11) is 4.07. The maximum atomic E-state index is 5.67. The SMILES string of the molecule is CN(C)c1ccc(Cc2nc(N)sc2Br)cc1. The summed E-state index contributed by atoms with van der Waals surface area (Å²) in [4.78, 5) is 6.39. The molecule has 0 atom stereocenters. The quantitative estimate of drug-likeness (QED) is 0.947. The zero-order valence-electron chi connectivity index (χ0n) is 9.77. The lowest BCUT2D eigenvalue weighted by Crippen LogP contribution is -2.08. The summed E-state index contributed by atoms with van der Waals surface area (Å²) in [5, 5.41) is 0.608. The zero-order chi connectivity index (χ0) is 12.4. The Hall–Kier alpha value is -1.07. The molecule has 0 saturated heterocycles. The number of rotatable bonds is 3. The van der Waals surface area contributed by atoms with Gasteiger partial charge in [0.15, 0.2) is 5.13 Å². The van der Waals surface area contributed by atoms with Crippen molar-refractivity contribution in [2.24, 2.45) is 0 Å². The fraction of sp³-hybridized carbons (Fsp3) is 0.250. The summed E-state index contributed by atoms with van der Waals surface area (Å²) in [6.07, 6.45) is 0.808. The fourth-order valence-electron chi connectivity index (χ4n) is 1.56. The van der Waals surface area contributed by atoms with Crippen LogP contribution in [0.2, 0.25) is 0 Å². The Morgan fingerprint density at radius 1 is 1.29 bits per heavy atom. The Kier molecular flexibility index (Phi) is 3.69. The topological polar surface area (TPSA) is 42.2 Å². The Morgan fingerprint density at radius 3 is 2.41 bits per heavy atom. The minimum atomic E-state index is 0.608. The molecular formula is C12H14BrN3S. The lowest BCUT2D eigenvalue weighted by Gasteiger charge is -2.12. The van der Waals surface area contributed by atoms with Gasteiger partial charge in [-0.1, -0.05) is 23.5 Å². The van der Waals surface area contributed by atoms with Crippen molar-refractivity contribution in [2.45, 2.75) is 6.42 Å². The molecule has 3 nitrogen and oxygen atoms in total. The first kappa shape index (κ1) is 12.4. The minimum Gasteiger partial charge on any atom is -0.378 e. The fourth-order valence-corrected chi connectivity index (χ4v) is 2.87. The van der Waals surface area contributed by atoms with Crippen molar-refractivity contribution in [1.29, 1.82) is 0 Å². The van der Waals surface area contributed by atoms with Crippen molar-refractivity contribution in [1.82, 2.24) is 4.98 Å². The monoisotopic (exact) mass is 311 g/mol. The molecule has 0 aliphatic rings. The van der Waals surface area contributed by atoms with E-state index >= 15 is 0 Å². The van der Waals surface area contributed by atoms with E-state index in [0.29, 0.717) is 5.13 Å². The third kappa shape index (κ3) is 2.98. The van der Waals surface area contributed by atoms with Crippen molar-refractivity contribution >= 4 is 38.1 Å². The van der Waals surface area contributed by atoms with Gasteiger partial charge in [0.1, 0.15) is 0 Å². The van der Waals surface area contributed by atoms with Crippen LogP contribution in [0.3, 0.4) is 0 Å². The number of nitrogens with two attached hydrogens (primary N) is 1. The molecule has 0 aliphatic heterocycles. The molecule has 2 aromatic rings. The van der Waals surface area contributed by atoms with Crippen LogP contribution in [0, 0.1) is 0 Å². The number of nitrogen functional groups attached to an aromatic ring is 1. The second-order valence-corrected chi connectivity index (χ2v) is 6.36. The second-order valence-electron chi connectivity index (χ2n) is 4.01. The maximum Gasteiger partial charge on any atom is 0.181 e. The third-order valence-electron chi connectivity index (χ3n) is 2.49. The highest BCUT2D eigenvalue weighted by molar-refractivity contribution is 9.11. The number of hydrogen-bond acceptors (Lipinski definition) is 4. The van der Waals surface area contributed by atoms with Gasteiger partial charge in [-0.3, -0.25) is 0 Å². The molecule has 1 aromatic heterocycles. The largest absolute Gasteiger partial charge is 0.378 e. The maximum absolute atomic E-state index is 5.67. The predicted octanol–water partition coefficient (Wildman–Crippen LogP) is 3.14. The van der Waals surface area contributed by atoms with Crippen LogP contribution in [0.5, 0.6) is 0 Å². The van der Waals surface area contributed by atoms with Crippen molar-refractivity contribution in [3.63, 3.8) is 0 Å². The molecule has 0 radical (unpaired) electrons. The normalized spacial score (nSPS) is 10.5. The highest BCUT2D eigenvalue weighted by Gasteiger charge is 2.07. The number of thiazole rings is 1. The average molecular weight is 312 g/mol. The summed E-state index contributed by atoms with van der Waals surface area (Å²) in [5.41, 5.74) is 9.11. The van der Waals surface area contributed by atoms with Gasteiger partial charge >= 0.3 is 0 Å².